The minimum Gasteiger partial charge on any atom is -0.384 e. The molecule has 0 radical (unpaired) electrons. The number of anilines is 2. The molecule has 3 N–H and O–H groups in total. The molecular formula is C12H17F3N4. The van der Waals surface area contributed by atoms with Gasteiger partial charge in [-0.25, -0.2) is 9.97 Å². The second-order valence-corrected chi connectivity index (χ2v) is 4.87. The van der Waals surface area contributed by atoms with Gasteiger partial charge in [0, 0.05) is 12.6 Å². The minimum absolute atomic E-state index is 0.137. The van der Waals surface area contributed by atoms with Crippen molar-refractivity contribution < 1.29 is 13.2 Å². The second-order valence-electron chi connectivity index (χ2n) is 4.87. The van der Waals surface area contributed by atoms with Crippen LogP contribution in [-0.2, 0) is 6.18 Å². The Balaban J connectivity index is 1.94. The Hall–Kier alpha value is -1.53. The number of aromatic nitrogens is 2. The Labute approximate surface area is 109 Å². The first-order valence-corrected chi connectivity index (χ1v) is 6.41. The summed E-state index contributed by atoms with van der Waals surface area (Å²) < 4.78 is 37.5. The van der Waals surface area contributed by atoms with Crippen LogP contribution in [0.3, 0.4) is 0 Å². The summed E-state index contributed by atoms with van der Waals surface area (Å²) in [5.41, 5.74) is 5.36. The van der Waals surface area contributed by atoms with E-state index in [1.165, 1.54) is 31.7 Å². The fourth-order valence-corrected chi connectivity index (χ4v) is 2.39. The largest absolute Gasteiger partial charge is 0.451 e. The summed E-state index contributed by atoms with van der Waals surface area (Å²) in [6.07, 6.45) is 1.30. The second kappa shape index (κ2) is 5.63. The number of nitrogens with one attached hydrogen (secondary N) is 1. The van der Waals surface area contributed by atoms with Gasteiger partial charge in [0.15, 0.2) is 0 Å². The summed E-state index contributed by atoms with van der Waals surface area (Å²) in [5, 5.41) is 2.89. The Morgan fingerprint density at radius 2 is 1.95 bits per heavy atom. The fourth-order valence-electron chi connectivity index (χ4n) is 2.39. The number of halogens is 3. The summed E-state index contributed by atoms with van der Waals surface area (Å²) in [5.74, 6) is -0.562. The van der Waals surface area contributed by atoms with E-state index in [1.807, 2.05) is 0 Å². The number of rotatable bonds is 4. The molecule has 1 heterocycles. The van der Waals surface area contributed by atoms with Crippen LogP contribution in [0.5, 0.6) is 0 Å². The van der Waals surface area contributed by atoms with Gasteiger partial charge in [0.05, 0.1) is 0 Å². The van der Waals surface area contributed by atoms with Gasteiger partial charge in [-0.2, -0.15) is 13.2 Å². The Morgan fingerprint density at radius 1 is 1.26 bits per heavy atom. The highest BCUT2D eigenvalue weighted by Crippen LogP contribution is 2.29. The van der Waals surface area contributed by atoms with Crippen LogP contribution in [0, 0.1) is 5.92 Å². The zero-order valence-electron chi connectivity index (χ0n) is 10.5. The van der Waals surface area contributed by atoms with Crippen LogP contribution in [-0.4, -0.2) is 16.5 Å². The lowest BCUT2D eigenvalue weighted by atomic mass is 10.0. The van der Waals surface area contributed by atoms with Gasteiger partial charge in [-0.1, -0.05) is 25.7 Å². The maximum atomic E-state index is 12.5. The number of hydrogen-bond donors (Lipinski definition) is 2. The van der Waals surface area contributed by atoms with Crippen LogP contribution in [0.25, 0.3) is 0 Å². The van der Waals surface area contributed by atoms with E-state index in [9.17, 15) is 13.2 Å². The monoisotopic (exact) mass is 274 g/mol. The maximum absolute atomic E-state index is 12.5. The average Bonchev–Trinajstić information content (AvgIpc) is 2.80. The molecule has 19 heavy (non-hydrogen) atoms. The highest BCUT2D eigenvalue weighted by Gasteiger charge is 2.35. The zero-order chi connectivity index (χ0) is 13.9. The maximum Gasteiger partial charge on any atom is 0.451 e. The van der Waals surface area contributed by atoms with Gasteiger partial charge in [0.2, 0.25) is 5.82 Å². The molecule has 7 heteroatoms. The number of alkyl halides is 3. The molecule has 0 bridgehead atoms. The summed E-state index contributed by atoms with van der Waals surface area (Å²) in [4.78, 5) is 6.63. The molecule has 1 fully saturated rings. The predicted molar refractivity (Wildman–Crippen MR) is 66.5 cm³/mol. The molecule has 106 valence electrons. The molecule has 1 aliphatic rings. The van der Waals surface area contributed by atoms with E-state index in [0.717, 1.165) is 6.42 Å². The van der Waals surface area contributed by atoms with Gasteiger partial charge < -0.3 is 11.1 Å². The lowest BCUT2D eigenvalue weighted by molar-refractivity contribution is -0.144. The third kappa shape index (κ3) is 3.97. The predicted octanol–water partition coefficient (Wildman–Crippen LogP) is 3.07. The third-order valence-electron chi connectivity index (χ3n) is 3.33. The summed E-state index contributed by atoms with van der Waals surface area (Å²) >= 11 is 0. The number of nitrogen functional groups attached to an aromatic ring is 1. The van der Waals surface area contributed by atoms with Crippen molar-refractivity contribution in [2.45, 2.75) is 38.3 Å². The molecule has 0 spiro atoms. The van der Waals surface area contributed by atoms with Crippen molar-refractivity contribution in [1.82, 2.24) is 9.97 Å². The SMILES string of the molecule is Nc1cc(NCCC2CCCC2)nc(C(F)(F)F)n1. The molecule has 1 saturated carbocycles. The molecular weight excluding hydrogens is 257 g/mol. The highest BCUT2D eigenvalue weighted by atomic mass is 19.4. The molecule has 0 atom stereocenters. The first-order valence-electron chi connectivity index (χ1n) is 6.41. The van der Waals surface area contributed by atoms with Gasteiger partial charge >= 0.3 is 6.18 Å². The van der Waals surface area contributed by atoms with E-state index in [-0.39, 0.29) is 11.6 Å². The number of nitrogens with two attached hydrogens (primary N) is 1. The van der Waals surface area contributed by atoms with E-state index in [1.54, 1.807) is 0 Å². The van der Waals surface area contributed by atoms with Crippen molar-refractivity contribution in [2.24, 2.45) is 5.92 Å². The van der Waals surface area contributed by atoms with E-state index >= 15 is 0 Å². The Bertz CT molecular complexity index is 427. The lowest BCUT2D eigenvalue weighted by Gasteiger charge is -2.12. The molecule has 0 aliphatic heterocycles. The van der Waals surface area contributed by atoms with E-state index in [0.29, 0.717) is 12.5 Å². The van der Waals surface area contributed by atoms with Gasteiger partial charge in [-0.3, -0.25) is 0 Å². The first-order chi connectivity index (χ1) is 8.95. The van der Waals surface area contributed by atoms with Gasteiger partial charge in [0.25, 0.3) is 0 Å². The molecule has 0 aromatic carbocycles. The molecule has 2 rings (SSSR count). The van der Waals surface area contributed by atoms with Crippen LogP contribution >= 0.6 is 0 Å². The Kier molecular flexibility index (Phi) is 4.11. The quantitative estimate of drug-likeness (QED) is 0.885. The van der Waals surface area contributed by atoms with Crippen molar-refractivity contribution in [3.8, 4) is 0 Å². The fraction of sp³-hybridized carbons (Fsp3) is 0.667. The molecule has 1 aromatic rings. The van der Waals surface area contributed by atoms with Crippen LogP contribution in [0.1, 0.15) is 37.9 Å². The number of hydrogen-bond acceptors (Lipinski definition) is 4. The summed E-state index contributed by atoms with van der Waals surface area (Å²) in [7, 11) is 0. The summed E-state index contributed by atoms with van der Waals surface area (Å²) in [6, 6.07) is 1.32. The molecule has 1 aliphatic carbocycles. The van der Waals surface area contributed by atoms with Crippen molar-refractivity contribution in [3.63, 3.8) is 0 Å². The smallest absolute Gasteiger partial charge is 0.384 e. The van der Waals surface area contributed by atoms with E-state index in [2.05, 4.69) is 15.3 Å². The van der Waals surface area contributed by atoms with E-state index in [4.69, 9.17) is 5.73 Å². The van der Waals surface area contributed by atoms with Gasteiger partial charge in [0.1, 0.15) is 11.6 Å². The van der Waals surface area contributed by atoms with Crippen molar-refractivity contribution >= 4 is 11.6 Å². The summed E-state index contributed by atoms with van der Waals surface area (Å²) in [6.45, 7) is 0.610. The molecule has 4 nitrogen and oxygen atoms in total. The first kappa shape index (κ1) is 13.9. The standard InChI is InChI=1S/C12H17F3N4/c13-12(14,15)11-18-9(16)7-10(19-11)17-6-5-8-3-1-2-4-8/h7-8H,1-6H2,(H3,16,17,18,19). The highest BCUT2D eigenvalue weighted by molar-refractivity contribution is 5.44. The van der Waals surface area contributed by atoms with Gasteiger partial charge in [-0.15, -0.1) is 0 Å². The van der Waals surface area contributed by atoms with Crippen LogP contribution in [0.15, 0.2) is 6.07 Å². The Morgan fingerprint density at radius 3 is 2.58 bits per heavy atom. The van der Waals surface area contributed by atoms with Crippen molar-refractivity contribution in [2.75, 3.05) is 17.6 Å². The van der Waals surface area contributed by atoms with Crippen LogP contribution in [0.2, 0.25) is 0 Å². The van der Waals surface area contributed by atoms with Crippen molar-refractivity contribution in [1.29, 1.82) is 0 Å². The molecule has 0 saturated heterocycles. The van der Waals surface area contributed by atoms with Gasteiger partial charge in [-0.05, 0) is 12.3 Å². The average molecular weight is 274 g/mol. The normalized spacial score (nSPS) is 16.8. The zero-order valence-corrected chi connectivity index (χ0v) is 10.5. The molecule has 0 unspecified atom stereocenters. The lowest BCUT2D eigenvalue weighted by Crippen LogP contribution is -2.15. The van der Waals surface area contributed by atoms with Crippen LogP contribution in [0.4, 0.5) is 24.8 Å². The number of nitrogens with zero attached hydrogens (tertiary/aromatic N) is 2. The third-order valence-corrected chi connectivity index (χ3v) is 3.33. The van der Waals surface area contributed by atoms with E-state index < -0.39 is 12.0 Å². The molecule has 0 amide bonds. The minimum atomic E-state index is -4.57. The topological polar surface area (TPSA) is 63.8 Å². The molecule has 1 aromatic heterocycles. The van der Waals surface area contributed by atoms with Crippen LogP contribution < -0.4 is 11.1 Å². The van der Waals surface area contributed by atoms with Crippen molar-refractivity contribution in [3.05, 3.63) is 11.9 Å².